The molecule has 0 aliphatic carbocycles. The van der Waals surface area contributed by atoms with E-state index in [4.69, 9.17) is 9.47 Å². The molecule has 1 aromatic heterocycles. The van der Waals surface area contributed by atoms with Gasteiger partial charge in [0.25, 0.3) is 0 Å². The SMILES string of the molecule is Cc1ccc2nc(SCc3cc(C(=O)O)cc4c3OCOC4)[nH]c2c1. The zero-order valence-corrected chi connectivity index (χ0v) is 14.4. The van der Waals surface area contributed by atoms with E-state index in [-0.39, 0.29) is 12.4 Å². The molecule has 0 amide bonds. The molecule has 128 valence electrons. The number of carbonyl (C=O) groups is 1. The van der Waals surface area contributed by atoms with Crippen molar-refractivity contribution in [3.8, 4) is 5.75 Å². The van der Waals surface area contributed by atoms with Crippen LogP contribution in [0, 0.1) is 6.92 Å². The number of hydrogen-bond donors (Lipinski definition) is 2. The summed E-state index contributed by atoms with van der Waals surface area (Å²) < 4.78 is 10.9. The lowest BCUT2D eigenvalue weighted by molar-refractivity contribution is -0.0169. The van der Waals surface area contributed by atoms with Crippen LogP contribution in [0.15, 0.2) is 35.5 Å². The molecule has 0 fully saturated rings. The fraction of sp³-hybridized carbons (Fsp3) is 0.222. The molecule has 2 N–H and O–H groups in total. The van der Waals surface area contributed by atoms with Gasteiger partial charge in [-0.1, -0.05) is 17.8 Å². The number of carboxylic acids is 1. The number of H-pyrrole nitrogens is 1. The van der Waals surface area contributed by atoms with E-state index >= 15 is 0 Å². The zero-order valence-electron chi connectivity index (χ0n) is 13.5. The highest BCUT2D eigenvalue weighted by molar-refractivity contribution is 7.98. The number of carboxylic acid groups (broad SMARTS) is 1. The Labute approximate surface area is 148 Å². The van der Waals surface area contributed by atoms with Crippen molar-refractivity contribution in [3.05, 3.63) is 52.6 Å². The zero-order chi connectivity index (χ0) is 17.4. The summed E-state index contributed by atoms with van der Waals surface area (Å²) in [6.07, 6.45) is 0. The smallest absolute Gasteiger partial charge is 0.335 e. The number of aryl methyl sites for hydroxylation is 1. The summed E-state index contributed by atoms with van der Waals surface area (Å²) >= 11 is 1.52. The van der Waals surface area contributed by atoms with Gasteiger partial charge in [0.15, 0.2) is 11.9 Å². The Morgan fingerprint density at radius 2 is 2.24 bits per heavy atom. The molecule has 3 aromatic rings. The van der Waals surface area contributed by atoms with E-state index in [2.05, 4.69) is 16.0 Å². The minimum Gasteiger partial charge on any atom is -0.478 e. The Hall–Kier alpha value is -2.51. The lowest BCUT2D eigenvalue weighted by atomic mass is 10.0. The molecule has 0 saturated carbocycles. The van der Waals surface area contributed by atoms with Crippen LogP contribution in [-0.2, 0) is 17.1 Å². The molecule has 0 atom stereocenters. The topological polar surface area (TPSA) is 84.4 Å². The van der Waals surface area contributed by atoms with Crippen LogP contribution in [0.25, 0.3) is 11.0 Å². The highest BCUT2D eigenvalue weighted by atomic mass is 32.2. The predicted octanol–water partition coefficient (Wildman–Crippen LogP) is 3.73. The Morgan fingerprint density at radius 3 is 3.08 bits per heavy atom. The number of nitrogens with one attached hydrogen (secondary N) is 1. The monoisotopic (exact) mass is 356 g/mol. The van der Waals surface area contributed by atoms with Gasteiger partial charge in [-0.15, -0.1) is 0 Å². The molecular weight excluding hydrogens is 340 g/mol. The highest BCUT2D eigenvalue weighted by Crippen LogP contribution is 2.34. The molecule has 1 aliphatic rings. The Bertz CT molecular complexity index is 967. The molecule has 6 nitrogen and oxygen atoms in total. The number of ether oxygens (including phenoxy) is 2. The summed E-state index contributed by atoms with van der Waals surface area (Å²) in [6.45, 7) is 2.58. The van der Waals surface area contributed by atoms with Crippen LogP contribution in [0.2, 0.25) is 0 Å². The highest BCUT2D eigenvalue weighted by Gasteiger charge is 2.19. The molecule has 2 aromatic carbocycles. The molecular formula is C18H16N2O4S. The second kappa shape index (κ2) is 6.42. The second-order valence-electron chi connectivity index (χ2n) is 5.89. The average molecular weight is 356 g/mol. The predicted molar refractivity (Wildman–Crippen MR) is 94.1 cm³/mol. The lowest BCUT2D eigenvalue weighted by Gasteiger charge is -2.21. The number of aromatic amines is 1. The van der Waals surface area contributed by atoms with Gasteiger partial charge in [-0.2, -0.15) is 0 Å². The first-order chi connectivity index (χ1) is 12.1. The van der Waals surface area contributed by atoms with Crippen LogP contribution in [-0.4, -0.2) is 27.8 Å². The summed E-state index contributed by atoms with van der Waals surface area (Å²) in [6, 6.07) is 9.33. The van der Waals surface area contributed by atoms with Crippen LogP contribution in [0.5, 0.6) is 5.75 Å². The standard InChI is InChI=1S/C18H16N2O4S/c1-10-2-3-14-15(4-10)20-18(19-14)25-8-13-6-11(17(21)22)5-12-7-23-9-24-16(12)13/h2-6H,7-9H2,1H3,(H,19,20)(H,21,22). The first-order valence-corrected chi connectivity index (χ1v) is 8.77. The maximum atomic E-state index is 11.4. The van der Waals surface area contributed by atoms with Gasteiger partial charge in [-0.05, 0) is 36.8 Å². The van der Waals surface area contributed by atoms with Crippen molar-refractivity contribution >= 4 is 28.8 Å². The van der Waals surface area contributed by atoms with Crippen molar-refractivity contribution in [2.75, 3.05) is 6.79 Å². The fourth-order valence-electron chi connectivity index (χ4n) is 2.84. The number of thioether (sulfide) groups is 1. The van der Waals surface area contributed by atoms with Gasteiger partial charge in [0.2, 0.25) is 0 Å². The van der Waals surface area contributed by atoms with Crippen molar-refractivity contribution in [2.24, 2.45) is 0 Å². The quantitative estimate of drug-likeness (QED) is 0.693. The molecule has 2 heterocycles. The third-order valence-electron chi connectivity index (χ3n) is 4.01. The molecule has 0 saturated heterocycles. The van der Waals surface area contributed by atoms with Gasteiger partial charge in [-0.25, -0.2) is 9.78 Å². The minimum absolute atomic E-state index is 0.182. The number of hydrogen-bond acceptors (Lipinski definition) is 5. The normalized spacial score (nSPS) is 13.5. The summed E-state index contributed by atoms with van der Waals surface area (Å²) in [4.78, 5) is 19.2. The van der Waals surface area contributed by atoms with E-state index in [0.717, 1.165) is 33.1 Å². The summed E-state index contributed by atoms with van der Waals surface area (Å²) in [5.41, 5.74) is 4.92. The van der Waals surface area contributed by atoms with Gasteiger partial charge in [-0.3, -0.25) is 0 Å². The van der Waals surface area contributed by atoms with E-state index in [1.807, 2.05) is 19.1 Å². The van der Waals surface area contributed by atoms with Crippen LogP contribution >= 0.6 is 11.8 Å². The summed E-state index contributed by atoms with van der Waals surface area (Å²) in [5.74, 6) is 0.317. The molecule has 0 radical (unpaired) electrons. The van der Waals surface area contributed by atoms with Gasteiger partial charge in [0.1, 0.15) is 5.75 Å². The molecule has 0 unspecified atom stereocenters. The number of benzene rings is 2. The van der Waals surface area contributed by atoms with E-state index in [1.165, 1.54) is 17.3 Å². The van der Waals surface area contributed by atoms with Gasteiger partial charge in [0, 0.05) is 16.9 Å². The molecule has 1 aliphatic heterocycles. The number of nitrogens with zero attached hydrogens (tertiary/aromatic N) is 1. The van der Waals surface area contributed by atoms with Crippen molar-refractivity contribution in [2.45, 2.75) is 24.4 Å². The summed E-state index contributed by atoms with van der Waals surface area (Å²) in [5, 5.41) is 10.1. The molecule has 0 bridgehead atoms. The van der Waals surface area contributed by atoms with Crippen LogP contribution < -0.4 is 4.74 Å². The van der Waals surface area contributed by atoms with Gasteiger partial charge < -0.3 is 19.6 Å². The van der Waals surface area contributed by atoms with Crippen molar-refractivity contribution < 1.29 is 19.4 Å². The Balaban J connectivity index is 1.62. The summed E-state index contributed by atoms with van der Waals surface area (Å²) in [7, 11) is 0. The van der Waals surface area contributed by atoms with Crippen LogP contribution in [0.1, 0.15) is 27.0 Å². The molecule has 0 spiro atoms. The van der Waals surface area contributed by atoms with Crippen molar-refractivity contribution in [3.63, 3.8) is 0 Å². The number of aromatic carboxylic acids is 1. The molecule has 4 rings (SSSR count). The second-order valence-corrected chi connectivity index (χ2v) is 6.85. The number of fused-ring (bicyclic) bond motifs is 2. The maximum absolute atomic E-state index is 11.4. The van der Waals surface area contributed by atoms with Crippen molar-refractivity contribution in [1.29, 1.82) is 0 Å². The van der Waals surface area contributed by atoms with E-state index in [9.17, 15) is 9.90 Å². The van der Waals surface area contributed by atoms with E-state index in [0.29, 0.717) is 12.4 Å². The average Bonchev–Trinajstić information content (AvgIpc) is 3.01. The van der Waals surface area contributed by atoms with Crippen LogP contribution in [0.3, 0.4) is 0 Å². The molecule has 7 heteroatoms. The Morgan fingerprint density at radius 1 is 1.36 bits per heavy atom. The lowest BCUT2D eigenvalue weighted by Crippen LogP contribution is -2.14. The number of rotatable bonds is 4. The number of aromatic nitrogens is 2. The Kier molecular flexibility index (Phi) is 4.10. The van der Waals surface area contributed by atoms with Gasteiger partial charge >= 0.3 is 5.97 Å². The number of imidazole rings is 1. The van der Waals surface area contributed by atoms with Gasteiger partial charge in [0.05, 0.1) is 23.2 Å². The van der Waals surface area contributed by atoms with E-state index < -0.39 is 5.97 Å². The van der Waals surface area contributed by atoms with Crippen LogP contribution in [0.4, 0.5) is 0 Å². The largest absolute Gasteiger partial charge is 0.478 e. The molecule has 25 heavy (non-hydrogen) atoms. The van der Waals surface area contributed by atoms with Crippen molar-refractivity contribution in [1.82, 2.24) is 9.97 Å². The third-order valence-corrected chi connectivity index (χ3v) is 4.94. The van der Waals surface area contributed by atoms with E-state index in [1.54, 1.807) is 12.1 Å². The first-order valence-electron chi connectivity index (χ1n) is 7.79. The maximum Gasteiger partial charge on any atom is 0.335 e. The third kappa shape index (κ3) is 3.20. The fourth-order valence-corrected chi connectivity index (χ4v) is 3.70. The minimum atomic E-state index is -0.959. The first kappa shape index (κ1) is 16.0.